The third-order valence-corrected chi connectivity index (χ3v) is 4.27. The highest BCUT2D eigenvalue weighted by Crippen LogP contribution is 2.38. The normalized spacial score (nSPS) is 24.3. The number of hydrogen-bond acceptors (Lipinski definition) is 3. The molecule has 1 aromatic rings. The van der Waals surface area contributed by atoms with Crippen LogP contribution in [0.3, 0.4) is 0 Å². The van der Waals surface area contributed by atoms with Crippen LogP contribution in [0.5, 0.6) is 0 Å². The molecule has 2 atom stereocenters. The van der Waals surface area contributed by atoms with E-state index < -0.39 is 5.82 Å². The van der Waals surface area contributed by atoms with Gasteiger partial charge in [-0.2, -0.15) is 0 Å². The van der Waals surface area contributed by atoms with E-state index in [4.69, 9.17) is 23.1 Å². The number of nitrogen functional groups attached to an aromatic ring is 2. The van der Waals surface area contributed by atoms with Crippen LogP contribution < -0.4 is 16.4 Å². The number of rotatable bonds is 1. The quantitative estimate of drug-likeness (QED) is 0.772. The number of piperidine rings is 1. The van der Waals surface area contributed by atoms with Crippen LogP contribution in [-0.2, 0) is 0 Å². The predicted octanol–water partition coefficient (Wildman–Crippen LogP) is 3.13. The van der Waals surface area contributed by atoms with Gasteiger partial charge in [-0.25, -0.2) is 4.39 Å². The maximum atomic E-state index is 14.2. The summed E-state index contributed by atoms with van der Waals surface area (Å²) in [5.74, 6) is 0.652. The molecule has 1 aliphatic rings. The SMILES string of the molecule is CC1CCN(c2c(N)cc(N)c(Cl)c2F)CC1C. The van der Waals surface area contributed by atoms with E-state index >= 15 is 0 Å². The van der Waals surface area contributed by atoms with Gasteiger partial charge in [0.2, 0.25) is 0 Å². The van der Waals surface area contributed by atoms with Crippen molar-refractivity contribution in [2.75, 3.05) is 29.5 Å². The molecule has 3 nitrogen and oxygen atoms in total. The molecule has 100 valence electrons. The van der Waals surface area contributed by atoms with Crippen LogP contribution in [0.25, 0.3) is 0 Å². The number of nitrogens with two attached hydrogens (primary N) is 2. The third kappa shape index (κ3) is 2.21. The first-order valence-corrected chi connectivity index (χ1v) is 6.57. The van der Waals surface area contributed by atoms with Gasteiger partial charge in [-0.3, -0.25) is 0 Å². The lowest BCUT2D eigenvalue weighted by molar-refractivity contribution is 0.322. The average Bonchev–Trinajstić information content (AvgIpc) is 2.31. The molecule has 2 rings (SSSR count). The van der Waals surface area contributed by atoms with E-state index in [-0.39, 0.29) is 10.7 Å². The molecular weight excluding hydrogens is 253 g/mol. The molecule has 0 radical (unpaired) electrons. The largest absolute Gasteiger partial charge is 0.397 e. The Balaban J connectivity index is 2.37. The Morgan fingerprint density at radius 1 is 1.28 bits per heavy atom. The second-order valence-electron chi connectivity index (χ2n) is 5.22. The summed E-state index contributed by atoms with van der Waals surface area (Å²) in [5, 5.41) is -0.0366. The molecule has 18 heavy (non-hydrogen) atoms. The summed E-state index contributed by atoms with van der Waals surface area (Å²) in [6.45, 7) is 5.98. The summed E-state index contributed by atoms with van der Waals surface area (Å²) >= 11 is 5.86. The number of benzene rings is 1. The molecule has 4 N–H and O–H groups in total. The molecule has 0 aromatic heterocycles. The van der Waals surface area contributed by atoms with E-state index in [0.717, 1.165) is 19.5 Å². The Kier molecular flexibility index (Phi) is 3.57. The summed E-state index contributed by atoms with van der Waals surface area (Å²) in [7, 11) is 0. The zero-order chi connectivity index (χ0) is 13.4. The Morgan fingerprint density at radius 2 is 1.94 bits per heavy atom. The van der Waals surface area contributed by atoms with Gasteiger partial charge in [-0.1, -0.05) is 25.4 Å². The smallest absolute Gasteiger partial charge is 0.169 e. The molecule has 0 spiro atoms. The summed E-state index contributed by atoms with van der Waals surface area (Å²) in [4.78, 5) is 1.97. The minimum Gasteiger partial charge on any atom is -0.397 e. The van der Waals surface area contributed by atoms with Crippen molar-refractivity contribution >= 4 is 28.7 Å². The number of halogens is 2. The van der Waals surface area contributed by atoms with Crippen LogP contribution in [0.4, 0.5) is 21.5 Å². The molecular formula is C13H19ClFN3. The Morgan fingerprint density at radius 3 is 2.56 bits per heavy atom. The van der Waals surface area contributed by atoms with Crippen molar-refractivity contribution in [1.29, 1.82) is 0 Å². The number of hydrogen-bond donors (Lipinski definition) is 2. The van der Waals surface area contributed by atoms with Crippen molar-refractivity contribution in [1.82, 2.24) is 0 Å². The fourth-order valence-corrected chi connectivity index (χ4v) is 2.59. The molecule has 1 aliphatic heterocycles. The highest BCUT2D eigenvalue weighted by atomic mass is 35.5. The molecule has 1 aromatic carbocycles. The monoisotopic (exact) mass is 271 g/mol. The molecule has 1 fully saturated rings. The lowest BCUT2D eigenvalue weighted by atomic mass is 9.88. The van der Waals surface area contributed by atoms with Crippen LogP contribution in [0, 0.1) is 17.7 Å². The predicted molar refractivity (Wildman–Crippen MR) is 75.4 cm³/mol. The molecule has 2 unspecified atom stereocenters. The zero-order valence-corrected chi connectivity index (χ0v) is 11.5. The van der Waals surface area contributed by atoms with Crippen LogP contribution >= 0.6 is 11.6 Å². The molecule has 0 bridgehead atoms. The van der Waals surface area contributed by atoms with Gasteiger partial charge in [0.25, 0.3) is 0 Å². The van der Waals surface area contributed by atoms with E-state index in [2.05, 4.69) is 13.8 Å². The Bertz CT molecular complexity index is 464. The van der Waals surface area contributed by atoms with Crippen LogP contribution in [0.2, 0.25) is 5.02 Å². The highest BCUT2D eigenvalue weighted by Gasteiger charge is 2.27. The van der Waals surface area contributed by atoms with Crippen LogP contribution in [0.1, 0.15) is 20.3 Å². The molecule has 1 heterocycles. The third-order valence-electron chi connectivity index (χ3n) is 3.89. The number of anilines is 3. The fraction of sp³-hybridized carbons (Fsp3) is 0.538. The maximum Gasteiger partial charge on any atom is 0.169 e. The van der Waals surface area contributed by atoms with Gasteiger partial charge < -0.3 is 16.4 Å². The van der Waals surface area contributed by atoms with Gasteiger partial charge in [0.15, 0.2) is 5.82 Å². The summed E-state index contributed by atoms with van der Waals surface area (Å²) in [6, 6.07) is 1.53. The summed E-state index contributed by atoms with van der Waals surface area (Å²) < 4.78 is 14.2. The summed E-state index contributed by atoms with van der Waals surface area (Å²) in [5.41, 5.74) is 12.4. The molecule has 0 saturated carbocycles. The summed E-state index contributed by atoms with van der Waals surface area (Å²) in [6.07, 6.45) is 1.03. The lowest BCUT2D eigenvalue weighted by Crippen LogP contribution is -2.39. The second-order valence-corrected chi connectivity index (χ2v) is 5.60. The Labute approximate surface area is 112 Å². The van der Waals surface area contributed by atoms with Gasteiger partial charge in [-0.15, -0.1) is 0 Å². The number of nitrogens with zero attached hydrogens (tertiary/aromatic N) is 1. The molecule has 5 heteroatoms. The van der Waals surface area contributed by atoms with E-state index in [1.165, 1.54) is 6.07 Å². The highest BCUT2D eigenvalue weighted by molar-refractivity contribution is 6.33. The van der Waals surface area contributed by atoms with E-state index in [0.29, 0.717) is 23.2 Å². The minimum atomic E-state index is -0.504. The van der Waals surface area contributed by atoms with Gasteiger partial charge in [0.1, 0.15) is 5.02 Å². The van der Waals surface area contributed by atoms with Crippen molar-refractivity contribution in [3.8, 4) is 0 Å². The van der Waals surface area contributed by atoms with Crippen molar-refractivity contribution in [2.45, 2.75) is 20.3 Å². The van der Waals surface area contributed by atoms with E-state index in [1.807, 2.05) is 4.90 Å². The van der Waals surface area contributed by atoms with Crippen molar-refractivity contribution in [3.05, 3.63) is 16.9 Å². The first-order valence-electron chi connectivity index (χ1n) is 6.19. The van der Waals surface area contributed by atoms with Gasteiger partial charge in [-0.05, 0) is 24.3 Å². The standard InChI is InChI=1S/C13H19ClFN3/c1-7-3-4-18(6-8(7)2)13-10(17)5-9(16)11(14)12(13)15/h5,7-8H,3-4,6,16-17H2,1-2H3. The first kappa shape index (κ1) is 13.3. The van der Waals surface area contributed by atoms with Gasteiger partial charge >= 0.3 is 0 Å². The Hall–Kier alpha value is -1.16. The average molecular weight is 272 g/mol. The van der Waals surface area contributed by atoms with Gasteiger partial charge in [0, 0.05) is 13.1 Å². The van der Waals surface area contributed by atoms with Crippen molar-refractivity contribution in [2.24, 2.45) is 11.8 Å². The van der Waals surface area contributed by atoms with E-state index in [1.54, 1.807) is 0 Å². The minimum absolute atomic E-state index is 0.0366. The maximum absolute atomic E-state index is 14.2. The van der Waals surface area contributed by atoms with E-state index in [9.17, 15) is 4.39 Å². The zero-order valence-electron chi connectivity index (χ0n) is 10.7. The molecule has 0 amide bonds. The van der Waals surface area contributed by atoms with Crippen LogP contribution in [-0.4, -0.2) is 13.1 Å². The first-order chi connectivity index (χ1) is 8.41. The van der Waals surface area contributed by atoms with Crippen molar-refractivity contribution in [3.63, 3.8) is 0 Å². The van der Waals surface area contributed by atoms with Gasteiger partial charge in [0.05, 0.1) is 17.1 Å². The molecule has 1 saturated heterocycles. The fourth-order valence-electron chi connectivity index (χ4n) is 2.44. The second kappa shape index (κ2) is 4.84. The molecule has 0 aliphatic carbocycles. The lowest BCUT2D eigenvalue weighted by Gasteiger charge is -2.37. The topological polar surface area (TPSA) is 55.3 Å². The van der Waals surface area contributed by atoms with Crippen LogP contribution in [0.15, 0.2) is 6.07 Å². The van der Waals surface area contributed by atoms with Crippen molar-refractivity contribution < 1.29 is 4.39 Å².